The maximum Gasteiger partial charge on any atom is 0.254 e. The molecule has 0 radical (unpaired) electrons. The number of aliphatic hydroxyl groups is 1. The lowest BCUT2D eigenvalue weighted by Gasteiger charge is -2.31. The SMILES string of the molecule is CCc1ccccc1C(O)(C(N)=O)C(C)C. The number of primary amides is 1. The lowest BCUT2D eigenvalue weighted by Crippen LogP contribution is -2.46. The number of amides is 1. The second kappa shape index (κ2) is 4.66. The number of rotatable bonds is 4. The summed E-state index contributed by atoms with van der Waals surface area (Å²) in [6.07, 6.45) is 0.762. The van der Waals surface area contributed by atoms with E-state index in [0.29, 0.717) is 5.56 Å². The zero-order valence-electron chi connectivity index (χ0n) is 10.0. The Labute approximate surface area is 96.3 Å². The lowest BCUT2D eigenvalue weighted by molar-refractivity contribution is -0.142. The number of hydrogen-bond donors (Lipinski definition) is 2. The summed E-state index contributed by atoms with van der Waals surface area (Å²) < 4.78 is 0. The van der Waals surface area contributed by atoms with Gasteiger partial charge in [0.15, 0.2) is 5.60 Å². The third-order valence-electron chi connectivity index (χ3n) is 3.02. The van der Waals surface area contributed by atoms with E-state index in [0.717, 1.165) is 12.0 Å². The Morgan fingerprint density at radius 1 is 1.44 bits per heavy atom. The first-order valence-electron chi connectivity index (χ1n) is 5.55. The second-order valence-corrected chi connectivity index (χ2v) is 4.30. The van der Waals surface area contributed by atoms with E-state index < -0.39 is 11.5 Å². The fraction of sp³-hybridized carbons (Fsp3) is 0.462. The normalized spacial score (nSPS) is 14.8. The Kier molecular flexibility index (Phi) is 3.70. The van der Waals surface area contributed by atoms with Gasteiger partial charge in [0, 0.05) is 0 Å². The van der Waals surface area contributed by atoms with Gasteiger partial charge in [0.1, 0.15) is 0 Å². The monoisotopic (exact) mass is 221 g/mol. The first kappa shape index (κ1) is 12.7. The van der Waals surface area contributed by atoms with E-state index in [1.54, 1.807) is 19.9 Å². The molecule has 1 atom stereocenters. The van der Waals surface area contributed by atoms with Gasteiger partial charge in [-0.05, 0) is 23.5 Å². The fourth-order valence-electron chi connectivity index (χ4n) is 1.93. The third kappa shape index (κ3) is 1.95. The predicted molar refractivity (Wildman–Crippen MR) is 63.7 cm³/mol. The van der Waals surface area contributed by atoms with E-state index in [-0.39, 0.29) is 5.92 Å². The summed E-state index contributed by atoms with van der Waals surface area (Å²) in [5.74, 6) is -0.943. The van der Waals surface area contributed by atoms with Crippen LogP contribution in [-0.2, 0) is 16.8 Å². The Hall–Kier alpha value is -1.35. The second-order valence-electron chi connectivity index (χ2n) is 4.30. The van der Waals surface area contributed by atoms with Crippen LogP contribution in [-0.4, -0.2) is 11.0 Å². The van der Waals surface area contributed by atoms with Crippen molar-refractivity contribution in [3.63, 3.8) is 0 Å². The van der Waals surface area contributed by atoms with Crippen LogP contribution in [0.25, 0.3) is 0 Å². The summed E-state index contributed by atoms with van der Waals surface area (Å²) in [4.78, 5) is 11.5. The molecule has 0 aliphatic carbocycles. The standard InChI is InChI=1S/C13H19NO2/c1-4-10-7-5-6-8-11(10)13(16,9(2)3)12(14)15/h5-9,16H,4H2,1-3H3,(H2,14,15). The van der Waals surface area contributed by atoms with Crippen molar-refractivity contribution in [2.75, 3.05) is 0 Å². The first-order valence-corrected chi connectivity index (χ1v) is 5.55. The Balaban J connectivity index is 3.37. The summed E-state index contributed by atoms with van der Waals surface area (Å²) in [7, 11) is 0. The van der Waals surface area contributed by atoms with Crippen molar-refractivity contribution in [1.82, 2.24) is 0 Å². The van der Waals surface area contributed by atoms with Crippen molar-refractivity contribution in [2.24, 2.45) is 11.7 Å². The highest BCUT2D eigenvalue weighted by atomic mass is 16.3. The molecule has 0 aromatic heterocycles. The van der Waals surface area contributed by atoms with Crippen molar-refractivity contribution in [2.45, 2.75) is 32.8 Å². The number of carbonyl (C=O) groups is 1. The van der Waals surface area contributed by atoms with E-state index in [1.165, 1.54) is 0 Å². The molecule has 0 aliphatic heterocycles. The van der Waals surface area contributed by atoms with Crippen LogP contribution in [0.2, 0.25) is 0 Å². The van der Waals surface area contributed by atoms with E-state index in [2.05, 4.69) is 0 Å². The van der Waals surface area contributed by atoms with Crippen LogP contribution in [0.4, 0.5) is 0 Å². The molecule has 3 N–H and O–H groups in total. The van der Waals surface area contributed by atoms with Gasteiger partial charge in [-0.3, -0.25) is 4.79 Å². The predicted octanol–water partition coefficient (Wildman–Crippen LogP) is 1.58. The summed E-state index contributed by atoms with van der Waals surface area (Å²) in [5, 5.41) is 10.5. The molecule has 0 fully saturated rings. The number of hydrogen-bond acceptors (Lipinski definition) is 2. The van der Waals surface area contributed by atoms with Crippen LogP contribution in [0.5, 0.6) is 0 Å². The van der Waals surface area contributed by atoms with Crippen LogP contribution in [0, 0.1) is 5.92 Å². The highest BCUT2D eigenvalue weighted by molar-refractivity contribution is 5.85. The molecule has 1 amide bonds. The minimum absolute atomic E-state index is 0.252. The van der Waals surface area contributed by atoms with Gasteiger partial charge >= 0.3 is 0 Å². The van der Waals surface area contributed by atoms with E-state index >= 15 is 0 Å². The highest BCUT2D eigenvalue weighted by Gasteiger charge is 2.40. The van der Waals surface area contributed by atoms with Gasteiger partial charge in [-0.15, -0.1) is 0 Å². The lowest BCUT2D eigenvalue weighted by atomic mass is 9.80. The summed E-state index contributed by atoms with van der Waals surface area (Å²) in [5.41, 5.74) is 5.34. The number of aryl methyl sites for hydroxylation is 1. The quantitative estimate of drug-likeness (QED) is 0.810. The van der Waals surface area contributed by atoms with E-state index in [4.69, 9.17) is 5.73 Å². The van der Waals surface area contributed by atoms with Crippen LogP contribution in [0.3, 0.4) is 0 Å². The van der Waals surface area contributed by atoms with Crippen LogP contribution < -0.4 is 5.73 Å². The van der Waals surface area contributed by atoms with Crippen LogP contribution in [0.15, 0.2) is 24.3 Å². The molecule has 0 spiro atoms. The molecule has 3 heteroatoms. The Bertz CT molecular complexity index is 387. The molecule has 0 saturated heterocycles. The Morgan fingerprint density at radius 2 is 2.00 bits per heavy atom. The van der Waals surface area contributed by atoms with Gasteiger partial charge in [-0.25, -0.2) is 0 Å². The molecule has 0 saturated carbocycles. The van der Waals surface area contributed by atoms with Crippen molar-refractivity contribution in [3.05, 3.63) is 35.4 Å². The topological polar surface area (TPSA) is 63.3 Å². The summed E-state index contributed by atoms with van der Waals surface area (Å²) in [6.45, 7) is 5.56. The van der Waals surface area contributed by atoms with Crippen LogP contribution in [0.1, 0.15) is 31.9 Å². The van der Waals surface area contributed by atoms with Gasteiger partial charge in [0.25, 0.3) is 5.91 Å². The molecule has 0 aliphatic rings. The van der Waals surface area contributed by atoms with Gasteiger partial charge in [0.2, 0.25) is 0 Å². The van der Waals surface area contributed by atoms with Crippen molar-refractivity contribution >= 4 is 5.91 Å². The molecule has 0 heterocycles. The highest BCUT2D eigenvalue weighted by Crippen LogP contribution is 2.31. The smallest absolute Gasteiger partial charge is 0.254 e. The first-order chi connectivity index (χ1) is 7.44. The maximum atomic E-state index is 11.5. The van der Waals surface area contributed by atoms with E-state index in [9.17, 15) is 9.90 Å². The van der Waals surface area contributed by atoms with Gasteiger partial charge in [-0.1, -0.05) is 45.0 Å². The third-order valence-corrected chi connectivity index (χ3v) is 3.02. The minimum Gasteiger partial charge on any atom is -0.375 e. The molecule has 16 heavy (non-hydrogen) atoms. The molecule has 1 aromatic carbocycles. The van der Waals surface area contributed by atoms with Crippen molar-refractivity contribution in [1.29, 1.82) is 0 Å². The Morgan fingerprint density at radius 3 is 2.44 bits per heavy atom. The molecule has 3 nitrogen and oxygen atoms in total. The van der Waals surface area contributed by atoms with Crippen molar-refractivity contribution < 1.29 is 9.90 Å². The van der Waals surface area contributed by atoms with Gasteiger partial charge < -0.3 is 10.8 Å². The van der Waals surface area contributed by atoms with Gasteiger partial charge in [0.05, 0.1) is 0 Å². The van der Waals surface area contributed by atoms with Crippen LogP contribution >= 0.6 is 0 Å². The average molecular weight is 221 g/mol. The molecule has 88 valence electrons. The fourth-order valence-corrected chi connectivity index (χ4v) is 1.93. The minimum atomic E-state index is -1.58. The average Bonchev–Trinajstić information content (AvgIpc) is 2.27. The van der Waals surface area contributed by atoms with Gasteiger partial charge in [-0.2, -0.15) is 0 Å². The van der Waals surface area contributed by atoms with Crippen molar-refractivity contribution in [3.8, 4) is 0 Å². The molecular weight excluding hydrogens is 202 g/mol. The summed E-state index contributed by atoms with van der Waals surface area (Å²) in [6, 6.07) is 7.38. The number of carbonyl (C=O) groups excluding carboxylic acids is 1. The van der Waals surface area contributed by atoms with E-state index in [1.807, 2.05) is 25.1 Å². The molecule has 1 aromatic rings. The zero-order valence-corrected chi connectivity index (χ0v) is 10.0. The number of benzene rings is 1. The summed E-state index contributed by atoms with van der Waals surface area (Å²) >= 11 is 0. The number of nitrogens with two attached hydrogens (primary N) is 1. The molecule has 0 bridgehead atoms. The molecule has 1 rings (SSSR count). The molecule has 1 unspecified atom stereocenters. The maximum absolute atomic E-state index is 11.5. The largest absolute Gasteiger partial charge is 0.375 e. The molecular formula is C13H19NO2. The zero-order chi connectivity index (χ0) is 12.3.